The normalized spacial score (nSPS) is 10.3. The van der Waals surface area contributed by atoms with Crippen molar-refractivity contribution < 1.29 is 14.3 Å². The van der Waals surface area contributed by atoms with Crippen molar-refractivity contribution in [2.75, 3.05) is 5.32 Å². The van der Waals surface area contributed by atoms with Crippen molar-refractivity contribution in [3.8, 4) is 0 Å². The number of hydrogen-bond donors (Lipinski definition) is 2. The molecule has 2 aromatic rings. The number of nitrogens with one attached hydrogen (secondary N) is 1. The Kier molecular flexibility index (Phi) is 3.80. The molecule has 0 amide bonds. The highest BCUT2D eigenvalue weighted by atomic mass is 79.9. The van der Waals surface area contributed by atoms with Gasteiger partial charge in [-0.2, -0.15) is 0 Å². The van der Waals surface area contributed by atoms with E-state index in [9.17, 15) is 9.18 Å². The Morgan fingerprint density at radius 2 is 2.11 bits per heavy atom. The molecule has 0 fully saturated rings. The fourth-order valence-electron chi connectivity index (χ4n) is 1.57. The number of pyridine rings is 1. The number of aromatic carboxylic acids is 1. The van der Waals surface area contributed by atoms with Crippen LogP contribution in [0.5, 0.6) is 0 Å². The van der Waals surface area contributed by atoms with Gasteiger partial charge in [0.1, 0.15) is 10.4 Å². The maximum Gasteiger partial charge on any atom is 0.337 e. The summed E-state index contributed by atoms with van der Waals surface area (Å²) in [6, 6.07) is 6.02. The van der Waals surface area contributed by atoms with Gasteiger partial charge in [-0.25, -0.2) is 14.2 Å². The molecule has 0 aliphatic heterocycles. The lowest BCUT2D eigenvalue weighted by molar-refractivity contribution is 0.0698. The Bertz CT molecular complexity index is 647. The summed E-state index contributed by atoms with van der Waals surface area (Å²) in [5.74, 6) is -1.56. The van der Waals surface area contributed by atoms with Crippen LogP contribution in [0.1, 0.15) is 15.9 Å². The minimum absolute atomic E-state index is 0.0156. The van der Waals surface area contributed by atoms with Crippen LogP contribution in [0.2, 0.25) is 0 Å². The monoisotopic (exact) mass is 324 g/mol. The van der Waals surface area contributed by atoms with Crippen LogP contribution in [-0.4, -0.2) is 16.1 Å². The average Bonchev–Trinajstić information content (AvgIpc) is 2.34. The molecule has 0 radical (unpaired) electrons. The van der Waals surface area contributed by atoms with Crippen molar-refractivity contribution in [1.29, 1.82) is 0 Å². The van der Waals surface area contributed by atoms with Crippen LogP contribution in [0.25, 0.3) is 0 Å². The van der Waals surface area contributed by atoms with E-state index in [1.165, 1.54) is 18.3 Å². The summed E-state index contributed by atoms with van der Waals surface area (Å²) in [5, 5.41) is 11.8. The molecule has 1 aromatic heterocycles. The molecular weight excluding hydrogens is 315 g/mol. The number of anilines is 2. The van der Waals surface area contributed by atoms with Gasteiger partial charge in [0.2, 0.25) is 0 Å². The molecule has 2 rings (SSSR count). The summed E-state index contributed by atoms with van der Waals surface area (Å²) in [5.41, 5.74) is 1.24. The number of aryl methyl sites for hydroxylation is 1. The van der Waals surface area contributed by atoms with Gasteiger partial charge in [-0.05, 0) is 46.6 Å². The Hall–Kier alpha value is -1.95. The number of rotatable bonds is 3. The zero-order valence-corrected chi connectivity index (χ0v) is 11.5. The first kappa shape index (κ1) is 13.5. The molecule has 0 atom stereocenters. The Balaban J connectivity index is 2.40. The molecule has 0 unspecified atom stereocenters. The largest absolute Gasteiger partial charge is 0.478 e. The fourth-order valence-corrected chi connectivity index (χ4v) is 1.90. The van der Waals surface area contributed by atoms with Crippen LogP contribution < -0.4 is 5.32 Å². The van der Waals surface area contributed by atoms with E-state index in [0.29, 0.717) is 4.60 Å². The molecule has 0 aliphatic rings. The number of benzene rings is 1. The Labute approximate surface area is 117 Å². The highest BCUT2D eigenvalue weighted by Crippen LogP contribution is 2.25. The second-order valence-electron chi connectivity index (χ2n) is 3.97. The molecular formula is C13H10BrFN2O2. The summed E-state index contributed by atoms with van der Waals surface area (Å²) in [7, 11) is 0. The van der Waals surface area contributed by atoms with Gasteiger partial charge >= 0.3 is 5.97 Å². The van der Waals surface area contributed by atoms with E-state index >= 15 is 0 Å². The average molecular weight is 325 g/mol. The lowest BCUT2D eigenvalue weighted by Gasteiger charge is -2.10. The zero-order chi connectivity index (χ0) is 14.0. The van der Waals surface area contributed by atoms with Crippen molar-refractivity contribution in [3.63, 3.8) is 0 Å². The molecule has 0 saturated carbocycles. The molecule has 4 nitrogen and oxygen atoms in total. The lowest BCUT2D eigenvalue weighted by Crippen LogP contribution is -2.04. The smallest absolute Gasteiger partial charge is 0.337 e. The van der Waals surface area contributed by atoms with Crippen molar-refractivity contribution in [2.45, 2.75) is 6.92 Å². The van der Waals surface area contributed by atoms with E-state index in [1.54, 1.807) is 19.1 Å². The van der Waals surface area contributed by atoms with Crippen LogP contribution in [0, 0.1) is 12.7 Å². The highest BCUT2D eigenvalue weighted by Gasteiger charge is 2.13. The zero-order valence-electron chi connectivity index (χ0n) is 9.95. The summed E-state index contributed by atoms with van der Waals surface area (Å²) in [6.07, 6.45) is 1.34. The van der Waals surface area contributed by atoms with E-state index in [4.69, 9.17) is 5.11 Å². The minimum atomic E-state index is -1.11. The third-order valence-electron chi connectivity index (χ3n) is 2.49. The number of carboxylic acid groups (broad SMARTS) is 1. The van der Waals surface area contributed by atoms with Crippen molar-refractivity contribution in [1.82, 2.24) is 4.98 Å². The molecule has 0 spiro atoms. The first-order valence-electron chi connectivity index (χ1n) is 5.39. The second-order valence-corrected chi connectivity index (χ2v) is 4.78. The van der Waals surface area contributed by atoms with Gasteiger partial charge < -0.3 is 10.4 Å². The van der Waals surface area contributed by atoms with Gasteiger partial charge in [0, 0.05) is 0 Å². The third kappa shape index (κ3) is 3.08. The van der Waals surface area contributed by atoms with Crippen molar-refractivity contribution in [2.24, 2.45) is 0 Å². The number of carboxylic acids is 1. The third-order valence-corrected chi connectivity index (χ3v) is 2.93. The quantitative estimate of drug-likeness (QED) is 0.844. The first-order valence-corrected chi connectivity index (χ1v) is 6.18. The summed E-state index contributed by atoms with van der Waals surface area (Å²) in [4.78, 5) is 15.1. The number of nitrogens with zero attached hydrogens (tertiary/aromatic N) is 1. The van der Waals surface area contributed by atoms with Gasteiger partial charge in [-0.15, -0.1) is 0 Å². The predicted octanol–water partition coefficient (Wildman–Crippen LogP) is 3.73. The fraction of sp³-hybridized carbons (Fsp3) is 0.0769. The van der Waals surface area contributed by atoms with Gasteiger partial charge in [-0.3, -0.25) is 0 Å². The van der Waals surface area contributed by atoms with Crippen molar-refractivity contribution >= 4 is 33.3 Å². The second kappa shape index (κ2) is 5.36. The van der Waals surface area contributed by atoms with Crippen LogP contribution in [0.4, 0.5) is 15.8 Å². The van der Waals surface area contributed by atoms with Crippen LogP contribution >= 0.6 is 15.9 Å². The van der Waals surface area contributed by atoms with E-state index in [-0.39, 0.29) is 16.9 Å². The SMILES string of the molecule is Cc1ccc(Nc2cnc(Br)cc2C(=O)O)c(F)c1. The Morgan fingerprint density at radius 3 is 2.74 bits per heavy atom. The first-order chi connectivity index (χ1) is 8.97. The number of carbonyl (C=O) groups is 1. The summed E-state index contributed by atoms with van der Waals surface area (Å²) >= 11 is 3.10. The van der Waals surface area contributed by atoms with Gasteiger partial charge in [0.15, 0.2) is 0 Å². The molecule has 0 saturated heterocycles. The maximum absolute atomic E-state index is 13.7. The van der Waals surface area contributed by atoms with Gasteiger partial charge in [0.25, 0.3) is 0 Å². The predicted molar refractivity (Wildman–Crippen MR) is 73.3 cm³/mol. The maximum atomic E-state index is 13.7. The minimum Gasteiger partial charge on any atom is -0.478 e. The van der Waals surface area contributed by atoms with E-state index in [1.807, 2.05) is 0 Å². The number of hydrogen-bond acceptors (Lipinski definition) is 3. The molecule has 0 bridgehead atoms. The topological polar surface area (TPSA) is 62.2 Å². The molecule has 1 aromatic carbocycles. The molecule has 2 N–H and O–H groups in total. The summed E-state index contributed by atoms with van der Waals surface area (Å²) < 4.78 is 14.1. The van der Waals surface area contributed by atoms with Crippen LogP contribution in [0.3, 0.4) is 0 Å². The van der Waals surface area contributed by atoms with Gasteiger partial charge in [-0.1, -0.05) is 6.07 Å². The molecule has 6 heteroatoms. The molecule has 1 heterocycles. The lowest BCUT2D eigenvalue weighted by atomic mass is 10.2. The van der Waals surface area contributed by atoms with Gasteiger partial charge in [0.05, 0.1) is 23.1 Å². The number of halogens is 2. The van der Waals surface area contributed by atoms with Crippen LogP contribution in [-0.2, 0) is 0 Å². The Morgan fingerprint density at radius 1 is 1.37 bits per heavy atom. The van der Waals surface area contributed by atoms with Crippen LogP contribution in [0.15, 0.2) is 35.1 Å². The molecule has 0 aliphatic carbocycles. The number of aromatic nitrogens is 1. The molecule has 19 heavy (non-hydrogen) atoms. The standard InChI is InChI=1S/C13H10BrFN2O2/c1-7-2-3-10(9(15)4-7)17-11-6-16-12(14)5-8(11)13(18)19/h2-6,17H,1H3,(H,18,19). The van der Waals surface area contributed by atoms with Crippen molar-refractivity contribution in [3.05, 3.63) is 52.0 Å². The molecule has 98 valence electrons. The van der Waals surface area contributed by atoms with E-state index in [0.717, 1.165) is 5.56 Å². The van der Waals surface area contributed by atoms with E-state index in [2.05, 4.69) is 26.2 Å². The highest BCUT2D eigenvalue weighted by molar-refractivity contribution is 9.10. The summed E-state index contributed by atoms with van der Waals surface area (Å²) in [6.45, 7) is 1.77. The van der Waals surface area contributed by atoms with E-state index < -0.39 is 11.8 Å².